The van der Waals surface area contributed by atoms with E-state index in [2.05, 4.69) is 84.9 Å². The van der Waals surface area contributed by atoms with Gasteiger partial charge in [0.2, 0.25) is 0 Å². The summed E-state index contributed by atoms with van der Waals surface area (Å²) in [4.78, 5) is 0. The van der Waals surface area contributed by atoms with Crippen molar-refractivity contribution in [1.82, 2.24) is 0 Å². The first-order valence-electron chi connectivity index (χ1n) is 9.58. The third-order valence-corrected chi connectivity index (χ3v) is 5.10. The monoisotopic (exact) mass is 364 g/mol. The molecule has 2 heteroatoms. The lowest BCUT2D eigenvalue weighted by Crippen LogP contribution is -2.21. The Morgan fingerprint density at radius 1 is 0.536 bits per heavy atom. The van der Waals surface area contributed by atoms with E-state index in [1.807, 2.05) is 18.2 Å². The molecular formula is C26H24N2. The van der Waals surface area contributed by atoms with Gasteiger partial charge in [0, 0.05) is 12.6 Å². The van der Waals surface area contributed by atoms with Gasteiger partial charge in [0.25, 0.3) is 0 Å². The van der Waals surface area contributed by atoms with Gasteiger partial charge in [-0.3, -0.25) is 0 Å². The quantitative estimate of drug-likeness (QED) is 0.481. The number of hydrogen-bond donors (Lipinski definition) is 2. The van der Waals surface area contributed by atoms with E-state index < -0.39 is 0 Å². The highest BCUT2D eigenvalue weighted by Gasteiger charge is 2.20. The maximum atomic E-state index is 6.44. The maximum Gasteiger partial charge on any atom is 0.0425 e. The summed E-state index contributed by atoms with van der Waals surface area (Å²) in [5.41, 5.74) is 20.5. The van der Waals surface area contributed by atoms with Crippen molar-refractivity contribution < 1.29 is 0 Å². The summed E-state index contributed by atoms with van der Waals surface area (Å²) in [6, 6.07) is 35.6. The van der Waals surface area contributed by atoms with Crippen molar-refractivity contribution in [3.63, 3.8) is 0 Å². The van der Waals surface area contributed by atoms with Crippen LogP contribution in [0.2, 0.25) is 0 Å². The zero-order valence-corrected chi connectivity index (χ0v) is 15.8. The van der Waals surface area contributed by atoms with Crippen molar-refractivity contribution in [2.24, 2.45) is 11.5 Å². The normalized spacial score (nSPS) is 11.9. The number of nitrogens with two attached hydrogens (primary N) is 2. The zero-order chi connectivity index (χ0) is 19.3. The molecule has 4 aromatic carbocycles. The fourth-order valence-corrected chi connectivity index (χ4v) is 3.73. The van der Waals surface area contributed by atoms with Crippen LogP contribution in [0.4, 0.5) is 0 Å². The number of hydrogen-bond acceptors (Lipinski definition) is 2. The minimum Gasteiger partial charge on any atom is -0.329 e. The Hall–Kier alpha value is -3.20. The molecule has 28 heavy (non-hydrogen) atoms. The second kappa shape index (κ2) is 8.22. The van der Waals surface area contributed by atoms with Crippen LogP contribution in [-0.2, 0) is 0 Å². The van der Waals surface area contributed by atoms with Gasteiger partial charge in [0.15, 0.2) is 0 Å². The van der Waals surface area contributed by atoms with Gasteiger partial charge in [-0.05, 0) is 38.9 Å². The van der Waals surface area contributed by atoms with Gasteiger partial charge in [-0.15, -0.1) is 0 Å². The molecule has 0 aliphatic rings. The summed E-state index contributed by atoms with van der Waals surface area (Å²) in [6.45, 7) is 0.402. The third-order valence-electron chi connectivity index (χ3n) is 5.10. The largest absolute Gasteiger partial charge is 0.329 e. The van der Waals surface area contributed by atoms with Crippen molar-refractivity contribution in [1.29, 1.82) is 0 Å². The predicted octanol–water partition coefficient (Wildman–Crippen LogP) is 5.65. The second-order valence-corrected chi connectivity index (χ2v) is 6.89. The summed E-state index contributed by atoms with van der Waals surface area (Å²) in [5.74, 6) is 0. The van der Waals surface area contributed by atoms with Crippen LogP contribution in [0.5, 0.6) is 0 Å². The van der Waals surface area contributed by atoms with E-state index in [0.717, 1.165) is 16.7 Å². The fraction of sp³-hybridized carbons (Fsp3) is 0.0769. The van der Waals surface area contributed by atoms with Crippen LogP contribution in [0.3, 0.4) is 0 Å². The molecule has 0 saturated heterocycles. The van der Waals surface area contributed by atoms with Crippen LogP contribution in [0, 0.1) is 0 Å². The lowest BCUT2D eigenvalue weighted by atomic mass is 9.83. The fourth-order valence-electron chi connectivity index (χ4n) is 3.73. The molecular weight excluding hydrogens is 340 g/mol. The highest BCUT2D eigenvalue weighted by Crippen LogP contribution is 2.43. The van der Waals surface area contributed by atoms with Crippen molar-refractivity contribution in [2.45, 2.75) is 6.04 Å². The van der Waals surface area contributed by atoms with Crippen molar-refractivity contribution in [3.05, 3.63) is 109 Å². The van der Waals surface area contributed by atoms with Crippen LogP contribution < -0.4 is 11.5 Å². The molecule has 0 aliphatic heterocycles. The molecule has 0 spiro atoms. The Labute approximate surface area is 166 Å². The minimum atomic E-state index is -0.220. The summed E-state index contributed by atoms with van der Waals surface area (Å²) in [7, 11) is 0. The Kier molecular flexibility index (Phi) is 5.34. The lowest BCUT2D eigenvalue weighted by Gasteiger charge is -2.23. The van der Waals surface area contributed by atoms with Crippen molar-refractivity contribution in [2.75, 3.05) is 6.54 Å². The predicted molar refractivity (Wildman–Crippen MR) is 119 cm³/mol. The van der Waals surface area contributed by atoms with Gasteiger partial charge >= 0.3 is 0 Å². The maximum absolute atomic E-state index is 6.44. The molecule has 0 aliphatic carbocycles. The van der Waals surface area contributed by atoms with E-state index in [1.165, 1.54) is 22.3 Å². The smallest absolute Gasteiger partial charge is 0.0425 e. The summed E-state index contributed by atoms with van der Waals surface area (Å²) >= 11 is 0. The van der Waals surface area contributed by atoms with E-state index in [-0.39, 0.29) is 6.04 Å². The third kappa shape index (κ3) is 3.48. The molecule has 4 rings (SSSR count). The average molecular weight is 364 g/mol. The first-order chi connectivity index (χ1) is 13.8. The molecule has 0 amide bonds. The summed E-state index contributed by atoms with van der Waals surface area (Å²) in [5, 5.41) is 0. The van der Waals surface area contributed by atoms with Gasteiger partial charge in [0.05, 0.1) is 0 Å². The van der Waals surface area contributed by atoms with Crippen LogP contribution in [-0.4, -0.2) is 6.54 Å². The summed E-state index contributed by atoms with van der Waals surface area (Å²) in [6.07, 6.45) is 0. The van der Waals surface area contributed by atoms with Gasteiger partial charge < -0.3 is 11.5 Å². The Morgan fingerprint density at radius 3 is 1.50 bits per heavy atom. The van der Waals surface area contributed by atoms with Gasteiger partial charge in [-0.2, -0.15) is 0 Å². The summed E-state index contributed by atoms with van der Waals surface area (Å²) < 4.78 is 0. The second-order valence-electron chi connectivity index (χ2n) is 6.89. The number of rotatable bonds is 5. The molecule has 1 atom stereocenters. The SMILES string of the molecule is NCC(N)c1ccc(-c2ccccc2)c(-c2ccccc2)c1-c1ccccc1. The molecule has 0 fully saturated rings. The Bertz CT molecular complexity index is 1040. The van der Waals surface area contributed by atoms with Gasteiger partial charge in [0.1, 0.15) is 0 Å². The Morgan fingerprint density at radius 2 is 1.00 bits per heavy atom. The van der Waals surface area contributed by atoms with Gasteiger partial charge in [-0.1, -0.05) is 103 Å². The molecule has 0 heterocycles. The van der Waals surface area contributed by atoms with Crippen molar-refractivity contribution >= 4 is 0 Å². The van der Waals surface area contributed by atoms with Crippen LogP contribution in [0.1, 0.15) is 11.6 Å². The zero-order valence-electron chi connectivity index (χ0n) is 15.8. The van der Waals surface area contributed by atoms with E-state index in [9.17, 15) is 0 Å². The molecule has 0 bridgehead atoms. The minimum absolute atomic E-state index is 0.220. The van der Waals surface area contributed by atoms with Crippen LogP contribution in [0.15, 0.2) is 103 Å². The standard InChI is InChI=1S/C26H24N2/c27-18-24(28)23-17-16-22(19-10-4-1-5-11-19)25(20-12-6-2-7-13-20)26(23)21-14-8-3-9-15-21/h1-17,24H,18,27-28H2. The van der Waals surface area contributed by atoms with Gasteiger partial charge in [-0.25, -0.2) is 0 Å². The molecule has 0 saturated carbocycles. The van der Waals surface area contributed by atoms with E-state index >= 15 is 0 Å². The van der Waals surface area contributed by atoms with E-state index in [1.54, 1.807) is 0 Å². The highest BCUT2D eigenvalue weighted by atomic mass is 14.7. The molecule has 4 aromatic rings. The number of benzene rings is 4. The Balaban J connectivity index is 2.10. The molecule has 1 unspecified atom stereocenters. The first kappa shape index (κ1) is 18.2. The first-order valence-corrected chi connectivity index (χ1v) is 9.58. The molecule has 0 aromatic heterocycles. The molecule has 4 N–H and O–H groups in total. The highest BCUT2D eigenvalue weighted by molar-refractivity contribution is 5.96. The topological polar surface area (TPSA) is 52.0 Å². The van der Waals surface area contributed by atoms with Crippen LogP contribution in [0.25, 0.3) is 33.4 Å². The average Bonchev–Trinajstić information content (AvgIpc) is 2.79. The van der Waals surface area contributed by atoms with E-state index in [4.69, 9.17) is 11.5 Å². The van der Waals surface area contributed by atoms with E-state index in [0.29, 0.717) is 6.54 Å². The molecule has 0 radical (unpaired) electrons. The van der Waals surface area contributed by atoms with Crippen molar-refractivity contribution in [3.8, 4) is 33.4 Å². The lowest BCUT2D eigenvalue weighted by molar-refractivity contribution is 0.739. The molecule has 2 nitrogen and oxygen atoms in total. The van der Waals surface area contributed by atoms with Crippen LogP contribution >= 0.6 is 0 Å². The molecule has 138 valence electrons.